The highest BCUT2D eigenvalue weighted by molar-refractivity contribution is 5.92. The van der Waals surface area contributed by atoms with Gasteiger partial charge in [-0.3, -0.25) is 4.79 Å². The smallest absolute Gasteiger partial charge is 0.338 e. The van der Waals surface area contributed by atoms with Crippen LogP contribution >= 0.6 is 0 Å². The van der Waals surface area contributed by atoms with Crippen LogP contribution in [0, 0.1) is 0 Å². The maximum absolute atomic E-state index is 12.1. The number of ether oxygens (including phenoxy) is 4. The fourth-order valence-corrected chi connectivity index (χ4v) is 2.47. The van der Waals surface area contributed by atoms with Crippen LogP contribution in [-0.2, 0) is 16.0 Å². The minimum atomic E-state index is -0.605. The Balaban J connectivity index is 1.77. The SMILES string of the molecule is CCOc1ccc(C(=O)OCC(=O)NCCc2ccc(OC)cc2)cc1OC. The lowest BCUT2D eigenvalue weighted by atomic mass is 10.1. The van der Waals surface area contributed by atoms with E-state index in [0.29, 0.717) is 31.1 Å². The molecule has 0 saturated carbocycles. The first-order valence-electron chi connectivity index (χ1n) is 8.95. The first-order chi connectivity index (χ1) is 13.6. The molecule has 0 aliphatic carbocycles. The lowest BCUT2D eigenvalue weighted by molar-refractivity contribution is -0.124. The second kappa shape index (κ2) is 10.8. The highest BCUT2D eigenvalue weighted by atomic mass is 16.5. The Morgan fingerprint density at radius 1 is 0.964 bits per heavy atom. The molecular weight excluding hydrogens is 362 g/mol. The number of methoxy groups -OCH3 is 2. The number of hydrogen-bond donors (Lipinski definition) is 1. The number of hydrogen-bond acceptors (Lipinski definition) is 6. The average Bonchev–Trinajstić information content (AvgIpc) is 2.73. The van der Waals surface area contributed by atoms with E-state index in [1.807, 2.05) is 31.2 Å². The molecule has 0 aliphatic heterocycles. The van der Waals surface area contributed by atoms with Crippen LogP contribution < -0.4 is 19.5 Å². The zero-order valence-corrected chi connectivity index (χ0v) is 16.3. The van der Waals surface area contributed by atoms with Gasteiger partial charge in [-0.15, -0.1) is 0 Å². The Kier molecular flexibility index (Phi) is 8.14. The summed E-state index contributed by atoms with van der Waals surface area (Å²) in [5.41, 5.74) is 1.35. The number of nitrogens with one attached hydrogen (secondary N) is 1. The van der Waals surface area contributed by atoms with Crippen molar-refractivity contribution in [2.75, 3.05) is 34.0 Å². The molecule has 7 heteroatoms. The van der Waals surface area contributed by atoms with Gasteiger partial charge >= 0.3 is 5.97 Å². The van der Waals surface area contributed by atoms with Crippen molar-refractivity contribution in [1.82, 2.24) is 5.32 Å². The van der Waals surface area contributed by atoms with E-state index in [9.17, 15) is 9.59 Å². The molecule has 0 aromatic heterocycles. The maximum Gasteiger partial charge on any atom is 0.338 e. The van der Waals surface area contributed by atoms with Gasteiger partial charge in [-0.2, -0.15) is 0 Å². The van der Waals surface area contributed by atoms with E-state index in [-0.39, 0.29) is 18.1 Å². The third-order valence-electron chi connectivity index (χ3n) is 3.93. The summed E-state index contributed by atoms with van der Waals surface area (Å²) in [6.45, 7) is 2.43. The molecular formula is C21H25NO6. The molecule has 0 heterocycles. The van der Waals surface area contributed by atoms with E-state index in [1.165, 1.54) is 13.2 Å². The second-order valence-electron chi connectivity index (χ2n) is 5.82. The van der Waals surface area contributed by atoms with E-state index in [1.54, 1.807) is 19.2 Å². The number of benzene rings is 2. The summed E-state index contributed by atoms with van der Waals surface area (Å²) in [7, 11) is 3.10. The molecule has 0 aliphatic rings. The van der Waals surface area contributed by atoms with Crippen LogP contribution in [0.25, 0.3) is 0 Å². The summed E-state index contributed by atoms with van der Waals surface area (Å²) >= 11 is 0. The van der Waals surface area contributed by atoms with Crippen LogP contribution in [0.4, 0.5) is 0 Å². The maximum atomic E-state index is 12.1. The molecule has 7 nitrogen and oxygen atoms in total. The first-order valence-corrected chi connectivity index (χ1v) is 8.95. The van der Waals surface area contributed by atoms with Gasteiger partial charge in [0.25, 0.3) is 5.91 Å². The van der Waals surface area contributed by atoms with Crippen LogP contribution in [0.15, 0.2) is 42.5 Å². The number of carbonyl (C=O) groups excluding carboxylic acids is 2. The lowest BCUT2D eigenvalue weighted by Gasteiger charge is -2.11. The van der Waals surface area contributed by atoms with Gasteiger partial charge in [-0.05, 0) is 49.2 Å². The minimum Gasteiger partial charge on any atom is -0.497 e. The van der Waals surface area contributed by atoms with Crippen molar-refractivity contribution < 1.29 is 28.5 Å². The van der Waals surface area contributed by atoms with Crippen LogP contribution in [0.3, 0.4) is 0 Å². The third kappa shape index (κ3) is 6.19. The summed E-state index contributed by atoms with van der Waals surface area (Å²) in [5.74, 6) is 0.787. The predicted octanol–water partition coefficient (Wildman–Crippen LogP) is 2.62. The molecule has 2 aromatic rings. The normalized spacial score (nSPS) is 10.1. The highest BCUT2D eigenvalue weighted by Gasteiger charge is 2.13. The Bertz CT molecular complexity index is 788. The van der Waals surface area contributed by atoms with E-state index >= 15 is 0 Å². The minimum absolute atomic E-state index is 0.284. The van der Waals surface area contributed by atoms with Gasteiger partial charge in [0, 0.05) is 6.54 Å². The van der Waals surface area contributed by atoms with Gasteiger partial charge in [-0.1, -0.05) is 12.1 Å². The van der Waals surface area contributed by atoms with Crippen molar-refractivity contribution in [3.05, 3.63) is 53.6 Å². The molecule has 1 N–H and O–H groups in total. The summed E-state index contributed by atoms with van der Waals surface area (Å²) in [5, 5.41) is 2.72. The predicted molar refractivity (Wildman–Crippen MR) is 104 cm³/mol. The zero-order valence-electron chi connectivity index (χ0n) is 16.3. The summed E-state index contributed by atoms with van der Waals surface area (Å²) in [6.07, 6.45) is 0.666. The number of carbonyl (C=O) groups is 2. The average molecular weight is 387 g/mol. The van der Waals surface area contributed by atoms with Gasteiger partial charge in [-0.25, -0.2) is 4.79 Å². The number of amides is 1. The quantitative estimate of drug-likeness (QED) is 0.631. The summed E-state index contributed by atoms with van der Waals surface area (Å²) in [6, 6.07) is 12.3. The summed E-state index contributed by atoms with van der Waals surface area (Å²) in [4.78, 5) is 24.0. The largest absolute Gasteiger partial charge is 0.497 e. The molecule has 150 valence electrons. The molecule has 0 unspecified atom stereocenters. The van der Waals surface area contributed by atoms with Crippen LogP contribution in [0.1, 0.15) is 22.8 Å². The molecule has 0 spiro atoms. The molecule has 2 rings (SSSR count). The Labute approximate surface area is 164 Å². The molecule has 2 aromatic carbocycles. The van der Waals surface area contributed by atoms with E-state index in [0.717, 1.165) is 11.3 Å². The summed E-state index contributed by atoms with van der Waals surface area (Å²) < 4.78 is 20.8. The van der Waals surface area contributed by atoms with Crippen molar-refractivity contribution >= 4 is 11.9 Å². The van der Waals surface area contributed by atoms with Crippen molar-refractivity contribution in [2.24, 2.45) is 0 Å². The van der Waals surface area contributed by atoms with E-state index in [2.05, 4.69) is 5.32 Å². The molecule has 0 bridgehead atoms. The van der Waals surface area contributed by atoms with Crippen molar-refractivity contribution in [1.29, 1.82) is 0 Å². The van der Waals surface area contributed by atoms with Crippen LogP contribution in [-0.4, -0.2) is 45.9 Å². The standard InChI is InChI=1S/C21H25NO6/c1-4-27-18-10-7-16(13-19(18)26-3)21(24)28-14-20(23)22-12-11-15-5-8-17(25-2)9-6-15/h5-10,13H,4,11-12,14H2,1-3H3,(H,22,23). The Morgan fingerprint density at radius 2 is 1.71 bits per heavy atom. The molecule has 1 amide bonds. The van der Waals surface area contributed by atoms with Crippen LogP contribution in [0.2, 0.25) is 0 Å². The van der Waals surface area contributed by atoms with Gasteiger partial charge < -0.3 is 24.3 Å². The van der Waals surface area contributed by atoms with Gasteiger partial charge in [0.1, 0.15) is 5.75 Å². The second-order valence-corrected chi connectivity index (χ2v) is 5.82. The Hall–Kier alpha value is -3.22. The zero-order chi connectivity index (χ0) is 20.4. The van der Waals surface area contributed by atoms with Gasteiger partial charge in [0.15, 0.2) is 18.1 Å². The van der Waals surface area contributed by atoms with Crippen molar-refractivity contribution in [3.63, 3.8) is 0 Å². The van der Waals surface area contributed by atoms with Gasteiger partial charge in [0.2, 0.25) is 0 Å². The van der Waals surface area contributed by atoms with Crippen molar-refractivity contribution in [3.8, 4) is 17.2 Å². The van der Waals surface area contributed by atoms with Gasteiger partial charge in [0.05, 0.1) is 26.4 Å². The van der Waals surface area contributed by atoms with E-state index in [4.69, 9.17) is 18.9 Å². The first kappa shape index (κ1) is 21.1. The molecule has 28 heavy (non-hydrogen) atoms. The number of rotatable bonds is 10. The molecule has 0 atom stereocenters. The van der Waals surface area contributed by atoms with Crippen molar-refractivity contribution in [2.45, 2.75) is 13.3 Å². The molecule has 0 radical (unpaired) electrons. The van der Waals surface area contributed by atoms with E-state index < -0.39 is 5.97 Å². The Morgan fingerprint density at radius 3 is 2.36 bits per heavy atom. The third-order valence-corrected chi connectivity index (χ3v) is 3.93. The fourth-order valence-electron chi connectivity index (χ4n) is 2.47. The highest BCUT2D eigenvalue weighted by Crippen LogP contribution is 2.28. The topological polar surface area (TPSA) is 83.1 Å². The van der Waals surface area contributed by atoms with Crippen LogP contribution in [0.5, 0.6) is 17.2 Å². The molecule has 0 saturated heterocycles. The monoisotopic (exact) mass is 387 g/mol. The number of esters is 1. The lowest BCUT2D eigenvalue weighted by Crippen LogP contribution is -2.30. The molecule has 0 fully saturated rings. The fraction of sp³-hybridized carbons (Fsp3) is 0.333.